The predicted molar refractivity (Wildman–Crippen MR) is 98.5 cm³/mol. The summed E-state index contributed by atoms with van der Waals surface area (Å²) in [5.41, 5.74) is 0.953. The summed E-state index contributed by atoms with van der Waals surface area (Å²) >= 11 is 1.67. The number of rotatable bonds is 4. The molecule has 4 rings (SSSR count). The molecule has 1 N–H and O–H groups in total. The molecule has 134 valence electrons. The molecule has 0 bridgehead atoms. The van der Waals surface area contributed by atoms with Crippen molar-refractivity contribution in [3.8, 4) is 5.75 Å². The molecule has 6 nitrogen and oxygen atoms in total. The highest BCUT2D eigenvalue weighted by Gasteiger charge is 2.31. The van der Waals surface area contributed by atoms with Gasteiger partial charge >= 0.3 is 0 Å². The Hall–Kier alpha value is -1.86. The SMILES string of the molecule is COc1ccc2sc(N3CCC(C(=O)NC4CCOCC4)C3)nc2c1. The Kier molecular flexibility index (Phi) is 4.76. The molecule has 2 fully saturated rings. The molecular formula is C18H23N3O3S. The summed E-state index contributed by atoms with van der Waals surface area (Å²) in [5, 5.41) is 4.19. The van der Waals surface area contributed by atoms with Gasteiger partial charge in [0.2, 0.25) is 5.91 Å². The zero-order chi connectivity index (χ0) is 17.2. The first kappa shape index (κ1) is 16.6. The van der Waals surface area contributed by atoms with Crippen molar-refractivity contribution in [2.24, 2.45) is 5.92 Å². The number of carbonyl (C=O) groups excluding carboxylic acids is 1. The first-order chi connectivity index (χ1) is 12.2. The second-order valence-electron chi connectivity index (χ2n) is 6.66. The molecule has 2 aliphatic heterocycles. The number of anilines is 1. The predicted octanol–water partition coefficient (Wildman–Crippen LogP) is 2.43. The molecule has 0 aliphatic carbocycles. The molecular weight excluding hydrogens is 338 g/mol. The molecule has 2 aromatic rings. The van der Waals surface area contributed by atoms with Gasteiger partial charge in [-0.3, -0.25) is 4.79 Å². The Balaban J connectivity index is 1.40. The molecule has 2 aliphatic rings. The second kappa shape index (κ2) is 7.17. The summed E-state index contributed by atoms with van der Waals surface area (Å²) in [7, 11) is 1.66. The molecule has 0 radical (unpaired) electrons. The number of hydrogen-bond acceptors (Lipinski definition) is 6. The van der Waals surface area contributed by atoms with Crippen molar-refractivity contribution in [3.05, 3.63) is 18.2 Å². The van der Waals surface area contributed by atoms with Crippen molar-refractivity contribution in [2.45, 2.75) is 25.3 Å². The maximum Gasteiger partial charge on any atom is 0.225 e. The van der Waals surface area contributed by atoms with Gasteiger partial charge < -0.3 is 19.7 Å². The lowest BCUT2D eigenvalue weighted by Crippen LogP contribution is -2.42. The van der Waals surface area contributed by atoms with Gasteiger partial charge in [0.15, 0.2) is 5.13 Å². The Morgan fingerprint density at radius 2 is 2.20 bits per heavy atom. The number of benzene rings is 1. The van der Waals surface area contributed by atoms with Crippen LogP contribution in [-0.4, -0.2) is 50.3 Å². The van der Waals surface area contributed by atoms with E-state index in [2.05, 4.69) is 10.2 Å². The third-order valence-electron chi connectivity index (χ3n) is 4.98. The lowest BCUT2D eigenvalue weighted by atomic mass is 10.1. The van der Waals surface area contributed by atoms with E-state index in [0.29, 0.717) is 0 Å². The van der Waals surface area contributed by atoms with Gasteiger partial charge in [-0.1, -0.05) is 11.3 Å². The van der Waals surface area contributed by atoms with Crippen LogP contribution in [-0.2, 0) is 9.53 Å². The first-order valence-electron chi connectivity index (χ1n) is 8.80. The van der Waals surface area contributed by atoms with E-state index < -0.39 is 0 Å². The zero-order valence-corrected chi connectivity index (χ0v) is 15.2. The summed E-state index contributed by atoms with van der Waals surface area (Å²) < 4.78 is 11.8. The van der Waals surface area contributed by atoms with Crippen LogP contribution in [0.5, 0.6) is 5.75 Å². The van der Waals surface area contributed by atoms with E-state index in [0.717, 1.165) is 66.7 Å². The standard InChI is InChI=1S/C18H23N3O3S/c1-23-14-2-3-16-15(10-14)20-18(25-16)21-7-4-12(11-21)17(22)19-13-5-8-24-9-6-13/h2-3,10,12-13H,4-9,11H2,1H3,(H,19,22). The number of hydrogen-bond donors (Lipinski definition) is 1. The third kappa shape index (κ3) is 3.57. The van der Waals surface area contributed by atoms with Gasteiger partial charge in [0, 0.05) is 38.4 Å². The maximum absolute atomic E-state index is 12.5. The van der Waals surface area contributed by atoms with Crippen molar-refractivity contribution in [1.29, 1.82) is 0 Å². The van der Waals surface area contributed by atoms with Crippen LogP contribution in [0.3, 0.4) is 0 Å². The fourth-order valence-corrected chi connectivity index (χ4v) is 4.45. The van der Waals surface area contributed by atoms with Crippen LogP contribution in [0, 0.1) is 5.92 Å². The summed E-state index contributed by atoms with van der Waals surface area (Å²) in [6.07, 6.45) is 2.72. The molecule has 7 heteroatoms. The van der Waals surface area contributed by atoms with Crippen molar-refractivity contribution >= 4 is 32.6 Å². The van der Waals surface area contributed by atoms with Crippen LogP contribution in [0.25, 0.3) is 10.2 Å². The molecule has 3 heterocycles. The number of carbonyl (C=O) groups is 1. The fraction of sp³-hybridized carbons (Fsp3) is 0.556. The highest BCUT2D eigenvalue weighted by Crippen LogP contribution is 2.33. The Morgan fingerprint density at radius 3 is 3.00 bits per heavy atom. The monoisotopic (exact) mass is 361 g/mol. The van der Waals surface area contributed by atoms with Crippen LogP contribution < -0.4 is 15.0 Å². The minimum absolute atomic E-state index is 0.0457. The van der Waals surface area contributed by atoms with Crippen LogP contribution in [0.15, 0.2) is 18.2 Å². The molecule has 0 spiro atoms. The van der Waals surface area contributed by atoms with Gasteiger partial charge in [0.25, 0.3) is 0 Å². The normalized spacial score (nSPS) is 21.6. The Morgan fingerprint density at radius 1 is 1.36 bits per heavy atom. The van der Waals surface area contributed by atoms with E-state index in [4.69, 9.17) is 14.5 Å². The van der Waals surface area contributed by atoms with Crippen molar-refractivity contribution < 1.29 is 14.3 Å². The molecule has 1 aromatic carbocycles. The van der Waals surface area contributed by atoms with E-state index in [1.807, 2.05) is 18.2 Å². The van der Waals surface area contributed by atoms with Gasteiger partial charge in [0.1, 0.15) is 5.75 Å². The van der Waals surface area contributed by atoms with E-state index in [9.17, 15) is 4.79 Å². The van der Waals surface area contributed by atoms with Crippen LogP contribution in [0.1, 0.15) is 19.3 Å². The van der Waals surface area contributed by atoms with Gasteiger partial charge in [-0.25, -0.2) is 4.98 Å². The van der Waals surface area contributed by atoms with Gasteiger partial charge in [-0.15, -0.1) is 0 Å². The number of amides is 1. The molecule has 1 unspecified atom stereocenters. The molecule has 25 heavy (non-hydrogen) atoms. The number of nitrogens with zero attached hydrogens (tertiary/aromatic N) is 2. The number of nitrogens with one attached hydrogen (secondary N) is 1. The largest absolute Gasteiger partial charge is 0.497 e. The molecule has 0 saturated carbocycles. The Labute approximate surface area is 151 Å². The summed E-state index contributed by atoms with van der Waals surface area (Å²) in [4.78, 5) is 19.5. The smallest absolute Gasteiger partial charge is 0.225 e. The second-order valence-corrected chi connectivity index (χ2v) is 7.67. The minimum atomic E-state index is 0.0457. The number of methoxy groups -OCH3 is 1. The quantitative estimate of drug-likeness (QED) is 0.906. The molecule has 1 amide bonds. The summed E-state index contributed by atoms with van der Waals surface area (Å²) in [6, 6.07) is 6.23. The van der Waals surface area contributed by atoms with Gasteiger partial charge in [-0.2, -0.15) is 0 Å². The average molecular weight is 361 g/mol. The van der Waals surface area contributed by atoms with E-state index >= 15 is 0 Å². The lowest BCUT2D eigenvalue weighted by Gasteiger charge is -2.24. The number of fused-ring (bicyclic) bond motifs is 1. The Bertz CT molecular complexity index is 757. The first-order valence-corrected chi connectivity index (χ1v) is 9.62. The average Bonchev–Trinajstić information content (AvgIpc) is 3.28. The highest BCUT2D eigenvalue weighted by molar-refractivity contribution is 7.22. The molecule has 1 atom stereocenters. The fourth-order valence-electron chi connectivity index (χ4n) is 3.47. The van der Waals surface area contributed by atoms with Crippen LogP contribution in [0.2, 0.25) is 0 Å². The highest BCUT2D eigenvalue weighted by atomic mass is 32.1. The van der Waals surface area contributed by atoms with E-state index in [1.54, 1.807) is 18.4 Å². The summed E-state index contributed by atoms with van der Waals surface area (Å²) in [6.45, 7) is 3.11. The van der Waals surface area contributed by atoms with Crippen LogP contribution in [0.4, 0.5) is 5.13 Å². The maximum atomic E-state index is 12.5. The van der Waals surface area contributed by atoms with Crippen LogP contribution >= 0.6 is 11.3 Å². The zero-order valence-electron chi connectivity index (χ0n) is 14.4. The minimum Gasteiger partial charge on any atom is -0.497 e. The van der Waals surface area contributed by atoms with Crippen molar-refractivity contribution in [3.63, 3.8) is 0 Å². The van der Waals surface area contributed by atoms with Crippen molar-refractivity contribution in [2.75, 3.05) is 38.3 Å². The summed E-state index contributed by atoms with van der Waals surface area (Å²) in [5.74, 6) is 1.04. The topological polar surface area (TPSA) is 63.7 Å². The van der Waals surface area contributed by atoms with Gasteiger partial charge in [-0.05, 0) is 31.4 Å². The molecule has 2 saturated heterocycles. The van der Waals surface area contributed by atoms with E-state index in [-0.39, 0.29) is 17.9 Å². The number of thiazole rings is 1. The number of aromatic nitrogens is 1. The van der Waals surface area contributed by atoms with Crippen molar-refractivity contribution in [1.82, 2.24) is 10.3 Å². The van der Waals surface area contributed by atoms with Gasteiger partial charge in [0.05, 0.1) is 23.2 Å². The lowest BCUT2D eigenvalue weighted by molar-refractivity contribution is -0.125. The third-order valence-corrected chi connectivity index (χ3v) is 6.08. The number of ether oxygens (including phenoxy) is 2. The van der Waals surface area contributed by atoms with E-state index in [1.165, 1.54) is 0 Å². The molecule has 1 aromatic heterocycles.